The molecule has 1 aromatic carbocycles. The number of nitrogens with two attached hydrogens (primary N) is 1. The largest absolute Gasteiger partial charge is 0.488 e. The number of likely N-dealkylation sites (N-methyl/N-ethyl adjacent to an activating group) is 1. The average Bonchev–Trinajstić information content (AvgIpc) is 2.34. The van der Waals surface area contributed by atoms with Gasteiger partial charge in [0.1, 0.15) is 18.9 Å². The predicted octanol–water partition coefficient (Wildman–Crippen LogP) is 2.16. The summed E-state index contributed by atoms with van der Waals surface area (Å²) in [5, 5.41) is 2.24. The lowest BCUT2D eigenvalue weighted by Crippen LogP contribution is -2.84. The smallest absolute Gasteiger partial charge is 0.137 e. The van der Waals surface area contributed by atoms with Crippen molar-refractivity contribution in [3.05, 3.63) is 29.8 Å². The fraction of sp³-hybridized carbons (Fsp3) is 0.571. The Balaban J connectivity index is 2.39. The molecule has 0 bridgehead atoms. The van der Waals surface area contributed by atoms with Crippen LogP contribution in [0.25, 0.3) is 0 Å². The summed E-state index contributed by atoms with van der Waals surface area (Å²) in [7, 11) is 0. The minimum Gasteiger partial charge on any atom is -0.488 e. The van der Waals surface area contributed by atoms with Crippen molar-refractivity contribution in [3.8, 4) is 5.75 Å². The van der Waals surface area contributed by atoms with Gasteiger partial charge in [0.15, 0.2) is 0 Å². The van der Waals surface area contributed by atoms with Gasteiger partial charge in [0.25, 0.3) is 0 Å². The van der Waals surface area contributed by atoms with Gasteiger partial charge in [-0.25, -0.2) is 0 Å². The van der Waals surface area contributed by atoms with Gasteiger partial charge >= 0.3 is 0 Å². The summed E-state index contributed by atoms with van der Waals surface area (Å²) >= 11 is 0. The first kappa shape index (κ1) is 13.0. The summed E-state index contributed by atoms with van der Waals surface area (Å²) in [4.78, 5) is 0. The van der Waals surface area contributed by atoms with Crippen LogP contribution in [-0.4, -0.2) is 19.7 Å². The van der Waals surface area contributed by atoms with Gasteiger partial charge in [-0.3, -0.25) is 0 Å². The van der Waals surface area contributed by atoms with E-state index in [0.29, 0.717) is 5.92 Å². The first-order valence-corrected chi connectivity index (χ1v) is 6.32. The number of quaternary nitrogens is 1. The Labute approximate surface area is 99.0 Å². The highest BCUT2D eigenvalue weighted by Crippen LogP contribution is 2.21. The van der Waals surface area contributed by atoms with Crippen LogP contribution >= 0.6 is 0 Å². The molecule has 0 aliphatic heterocycles. The Morgan fingerprint density at radius 3 is 2.44 bits per heavy atom. The molecule has 0 saturated heterocycles. The van der Waals surface area contributed by atoms with Crippen LogP contribution in [-0.2, 0) is 0 Å². The molecule has 0 saturated carbocycles. The number of benzene rings is 1. The monoisotopic (exact) mass is 222 g/mol. The zero-order valence-corrected chi connectivity index (χ0v) is 10.7. The topological polar surface area (TPSA) is 25.8 Å². The Bertz CT molecular complexity index is 281. The van der Waals surface area contributed by atoms with Gasteiger partial charge < -0.3 is 10.1 Å². The van der Waals surface area contributed by atoms with Crippen molar-refractivity contribution >= 4 is 0 Å². The van der Waals surface area contributed by atoms with E-state index >= 15 is 0 Å². The summed E-state index contributed by atoms with van der Waals surface area (Å²) in [5.74, 6) is 1.62. The van der Waals surface area contributed by atoms with Crippen molar-refractivity contribution in [1.82, 2.24) is 0 Å². The van der Waals surface area contributed by atoms with E-state index in [2.05, 4.69) is 50.4 Å². The Kier molecular flexibility index (Phi) is 5.94. The van der Waals surface area contributed by atoms with E-state index < -0.39 is 0 Å². The molecular formula is C14H24NO+. The highest BCUT2D eigenvalue weighted by Gasteiger charge is 2.02. The van der Waals surface area contributed by atoms with Crippen LogP contribution < -0.4 is 10.1 Å². The van der Waals surface area contributed by atoms with Crippen LogP contribution in [0.1, 0.15) is 38.7 Å². The highest BCUT2D eigenvalue weighted by molar-refractivity contribution is 5.29. The Morgan fingerprint density at radius 1 is 1.19 bits per heavy atom. The third kappa shape index (κ3) is 4.23. The molecule has 0 amide bonds. The fourth-order valence-corrected chi connectivity index (χ4v) is 1.59. The summed E-state index contributed by atoms with van der Waals surface area (Å²) in [6.07, 6.45) is 1.19. The van der Waals surface area contributed by atoms with E-state index in [1.807, 2.05) is 0 Å². The SMILES string of the molecule is CC[NH2+]CCOc1ccc([C@@H](C)CC)cc1. The predicted molar refractivity (Wildman–Crippen MR) is 68.0 cm³/mol. The second-order valence-electron chi connectivity index (χ2n) is 4.21. The molecule has 2 heteroatoms. The van der Waals surface area contributed by atoms with Gasteiger partial charge in [0, 0.05) is 0 Å². The maximum atomic E-state index is 5.65. The molecule has 1 rings (SSSR count). The fourth-order valence-electron chi connectivity index (χ4n) is 1.59. The maximum absolute atomic E-state index is 5.65. The standard InChI is InChI=1S/C14H23NO/c1-4-12(3)13-6-8-14(9-7-13)16-11-10-15-5-2/h6-9,12,15H,4-5,10-11H2,1-3H3/p+1/t12-/m0/s1. The number of rotatable bonds is 7. The van der Waals surface area contributed by atoms with Crippen LogP contribution in [0.3, 0.4) is 0 Å². The highest BCUT2D eigenvalue weighted by atomic mass is 16.5. The lowest BCUT2D eigenvalue weighted by atomic mass is 9.99. The molecule has 1 atom stereocenters. The molecule has 0 spiro atoms. The molecule has 0 unspecified atom stereocenters. The number of ether oxygens (including phenoxy) is 1. The zero-order valence-electron chi connectivity index (χ0n) is 10.7. The quantitative estimate of drug-likeness (QED) is 0.703. The van der Waals surface area contributed by atoms with E-state index in [-0.39, 0.29) is 0 Å². The van der Waals surface area contributed by atoms with Crippen LogP contribution in [0, 0.1) is 0 Å². The molecule has 0 aliphatic carbocycles. The second-order valence-corrected chi connectivity index (χ2v) is 4.21. The molecule has 0 aliphatic rings. The second kappa shape index (κ2) is 7.29. The Morgan fingerprint density at radius 2 is 1.88 bits per heavy atom. The van der Waals surface area contributed by atoms with Crippen LogP contribution in [0.15, 0.2) is 24.3 Å². The lowest BCUT2D eigenvalue weighted by molar-refractivity contribution is -0.652. The molecule has 16 heavy (non-hydrogen) atoms. The summed E-state index contributed by atoms with van der Waals surface area (Å²) < 4.78 is 5.65. The van der Waals surface area contributed by atoms with Gasteiger partial charge in [0.2, 0.25) is 0 Å². The minimum atomic E-state index is 0.641. The molecule has 0 aromatic heterocycles. The van der Waals surface area contributed by atoms with Crippen molar-refractivity contribution in [1.29, 1.82) is 0 Å². The van der Waals surface area contributed by atoms with Gasteiger partial charge in [0.05, 0.1) is 6.54 Å². The lowest BCUT2D eigenvalue weighted by Gasteiger charge is -2.10. The summed E-state index contributed by atoms with van der Waals surface area (Å²) in [6.45, 7) is 9.57. The van der Waals surface area contributed by atoms with Gasteiger partial charge in [-0.15, -0.1) is 0 Å². The summed E-state index contributed by atoms with van der Waals surface area (Å²) in [5.41, 5.74) is 1.40. The van der Waals surface area contributed by atoms with Gasteiger partial charge in [-0.1, -0.05) is 26.0 Å². The van der Waals surface area contributed by atoms with Crippen LogP contribution in [0.2, 0.25) is 0 Å². The van der Waals surface area contributed by atoms with Crippen LogP contribution in [0.5, 0.6) is 5.75 Å². The molecule has 90 valence electrons. The molecule has 0 fully saturated rings. The van der Waals surface area contributed by atoms with Crippen molar-refractivity contribution in [2.24, 2.45) is 0 Å². The average molecular weight is 222 g/mol. The zero-order chi connectivity index (χ0) is 11.8. The molecule has 0 heterocycles. The van der Waals surface area contributed by atoms with Crippen molar-refractivity contribution < 1.29 is 10.1 Å². The van der Waals surface area contributed by atoms with Crippen LogP contribution in [0.4, 0.5) is 0 Å². The third-order valence-corrected chi connectivity index (χ3v) is 2.94. The third-order valence-electron chi connectivity index (χ3n) is 2.94. The molecular weight excluding hydrogens is 198 g/mol. The normalized spacial score (nSPS) is 12.4. The number of hydrogen-bond donors (Lipinski definition) is 1. The van der Waals surface area contributed by atoms with Crippen molar-refractivity contribution in [3.63, 3.8) is 0 Å². The summed E-state index contributed by atoms with van der Waals surface area (Å²) in [6, 6.07) is 8.50. The van der Waals surface area contributed by atoms with E-state index in [9.17, 15) is 0 Å². The number of hydrogen-bond acceptors (Lipinski definition) is 1. The Hall–Kier alpha value is -1.02. The maximum Gasteiger partial charge on any atom is 0.137 e. The van der Waals surface area contributed by atoms with Gasteiger partial charge in [-0.2, -0.15) is 0 Å². The van der Waals surface area contributed by atoms with Crippen molar-refractivity contribution in [2.75, 3.05) is 19.7 Å². The molecule has 1 aromatic rings. The molecule has 2 nitrogen and oxygen atoms in total. The molecule has 0 radical (unpaired) electrons. The van der Waals surface area contributed by atoms with Gasteiger partial charge in [-0.05, 0) is 37.0 Å². The first-order chi connectivity index (χ1) is 7.77. The van der Waals surface area contributed by atoms with E-state index in [0.717, 1.165) is 25.4 Å². The minimum absolute atomic E-state index is 0.641. The van der Waals surface area contributed by atoms with E-state index in [1.165, 1.54) is 12.0 Å². The first-order valence-electron chi connectivity index (χ1n) is 6.32. The van der Waals surface area contributed by atoms with E-state index in [4.69, 9.17) is 4.74 Å². The van der Waals surface area contributed by atoms with E-state index in [1.54, 1.807) is 0 Å². The van der Waals surface area contributed by atoms with Crippen molar-refractivity contribution in [2.45, 2.75) is 33.1 Å². The molecule has 2 N–H and O–H groups in total.